The Labute approximate surface area is 108 Å². The van der Waals surface area contributed by atoms with Gasteiger partial charge in [-0.05, 0) is 31.0 Å². The van der Waals surface area contributed by atoms with E-state index in [1.165, 1.54) is 5.56 Å². The van der Waals surface area contributed by atoms with Crippen LogP contribution in [0, 0.1) is 32.1 Å². The van der Waals surface area contributed by atoms with Gasteiger partial charge in [-0.25, -0.2) is 0 Å². The fraction of sp³-hybridized carbons (Fsp3) is 0.400. The van der Waals surface area contributed by atoms with Crippen LogP contribution in [0.2, 0.25) is 0 Å². The van der Waals surface area contributed by atoms with Gasteiger partial charge in [0.2, 0.25) is 0 Å². The Morgan fingerprint density at radius 2 is 2.17 bits per heavy atom. The van der Waals surface area contributed by atoms with E-state index < -0.39 is 11.9 Å². The van der Waals surface area contributed by atoms with Crippen molar-refractivity contribution < 1.29 is 9.90 Å². The molecule has 0 amide bonds. The minimum atomic E-state index is -0.803. The third-order valence-electron chi connectivity index (χ3n) is 3.11. The van der Waals surface area contributed by atoms with Gasteiger partial charge in [0.15, 0.2) is 0 Å². The Morgan fingerprint density at radius 1 is 1.50 bits per heavy atom. The van der Waals surface area contributed by atoms with Crippen LogP contribution < -0.4 is 4.90 Å². The lowest BCUT2D eigenvalue weighted by atomic mass is 10.1. The predicted molar refractivity (Wildman–Crippen MR) is 73.8 cm³/mol. The third kappa shape index (κ3) is 3.27. The lowest BCUT2D eigenvalue weighted by Gasteiger charge is -2.26. The predicted octanol–water partition coefficient (Wildman–Crippen LogP) is 2.46. The molecule has 0 heterocycles. The summed E-state index contributed by atoms with van der Waals surface area (Å²) < 4.78 is 0. The van der Waals surface area contributed by atoms with Crippen molar-refractivity contribution >= 4 is 11.7 Å². The van der Waals surface area contributed by atoms with Crippen molar-refractivity contribution in [1.82, 2.24) is 0 Å². The molecule has 18 heavy (non-hydrogen) atoms. The van der Waals surface area contributed by atoms with Crippen molar-refractivity contribution in [2.75, 3.05) is 18.0 Å². The Morgan fingerprint density at radius 3 is 2.72 bits per heavy atom. The van der Waals surface area contributed by atoms with Gasteiger partial charge in [0.05, 0.1) is 12.5 Å². The van der Waals surface area contributed by atoms with Crippen LogP contribution in [0.3, 0.4) is 0 Å². The number of hydrogen-bond donors (Lipinski definition) is 1. The summed E-state index contributed by atoms with van der Waals surface area (Å²) in [5, 5.41) is 8.99. The lowest BCUT2D eigenvalue weighted by Crippen LogP contribution is -2.32. The zero-order chi connectivity index (χ0) is 13.7. The van der Waals surface area contributed by atoms with E-state index in [1.807, 2.05) is 36.9 Å². The van der Waals surface area contributed by atoms with Crippen LogP contribution in [-0.4, -0.2) is 24.2 Å². The number of benzene rings is 1. The SMILES string of the molecule is C#CCN(CC(C)C(=O)O)c1cccc(C)c1C. The highest BCUT2D eigenvalue weighted by Crippen LogP contribution is 2.23. The number of terminal acetylenes is 1. The zero-order valence-corrected chi connectivity index (χ0v) is 11.1. The molecule has 0 aliphatic heterocycles. The second-order valence-corrected chi connectivity index (χ2v) is 4.54. The highest BCUT2D eigenvalue weighted by Gasteiger charge is 2.17. The maximum Gasteiger partial charge on any atom is 0.308 e. The van der Waals surface area contributed by atoms with E-state index in [0.717, 1.165) is 11.3 Å². The van der Waals surface area contributed by atoms with Crippen molar-refractivity contribution in [1.29, 1.82) is 0 Å². The van der Waals surface area contributed by atoms with E-state index in [4.69, 9.17) is 11.5 Å². The van der Waals surface area contributed by atoms with Gasteiger partial charge in [-0.15, -0.1) is 6.42 Å². The van der Waals surface area contributed by atoms with Crippen LogP contribution in [0.4, 0.5) is 5.69 Å². The highest BCUT2D eigenvalue weighted by atomic mass is 16.4. The first-order chi connectivity index (χ1) is 8.47. The summed E-state index contributed by atoms with van der Waals surface area (Å²) in [6.07, 6.45) is 5.37. The number of aryl methyl sites for hydroxylation is 1. The van der Waals surface area contributed by atoms with E-state index in [-0.39, 0.29) is 0 Å². The minimum Gasteiger partial charge on any atom is -0.481 e. The van der Waals surface area contributed by atoms with Gasteiger partial charge >= 0.3 is 5.97 Å². The molecule has 1 N–H and O–H groups in total. The Bertz CT molecular complexity index is 474. The third-order valence-corrected chi connectivity index (χ3v) is 3.11. The average Bonchev–Trinajstić information content (AvgIpc) is 2.32. The highest BCUT2D eigenvalue weighted by molar-refractivity contribution is 5.71. The van der Waals surface area contributed by atoms with E-state index in [2.05, 4.69) is 5.92 Å². The zero-order valence-electron chi connectivity index (χ0n) is 11.1. The molecular weight excluding hydrogens is 226 g/mol. The molecule has 1 aromatic rings. The molecule has 1 unspecified atom stereocenters. The summed E-state index contributed by atoms with van der Waals surface area (Å²) in [5.41, 5.74) is 3.34. The average molecular weight is 245 g/mol. The summed E-state index contributed by atoms with van der Waals surface area (Å²) in [4.78, 5) is 12.9. The largest absolute Gasteiger partial charge is 0.481 e. The van der Waals surface area contributed by atoms with Crippen molar-refractivity contribution in [3.63, 3.8) is 0 Å². The molecule has 0 spiro atoms. The Balaban J connectivity index is 3.01. The number of hydrogen-bond acceptors (Lipinski definition) is 2. The fourth-order valence-electron chi connectivity index (χ4n) is 1.85. The number of carbonyl (C=O) groups is 1. The van der Waals surface area contributed by atoms with E-state index >= 15 is 0 Å². The quantitative estimate of drug-likeness (QED) is 0.810. The number of carboxylic acids is 1. The van der Waals surface area contributed by atoms with Crippen LogP contribution >= 0.6 is 0 Å². The van der Waals surface area contributed by atoms with Crippen LogP contribution in [0.5, 0.6) is 0 Å². The molecule has 0 aliphatic carbocycles. The molecule has 0 radical (unpaired) electrons. The van der Waals surface area contributed by atoms with Gasteiger partial charge in [-0.1, -0.05) is 25.0 Å². The molecule has 3 nitrogen and oxygen atoms in total. The monoisotopic (exact) mass is 245 g/mol. The molecule has 0 bridgehead atoms. The maximum absolute atomic E-state index is 10.9. The standard InChI is InChI=1S/C15H19NO2/c1-5-9-16(10-12(3)15(17)18)14-8-6-7-11(2)13(14)4/h1,6-8,12H,9-10H2,2-4H3,(H,17,18). The first-order valence-electron chi connectivity index (χ1n) is 5.94. The molecule has 1 aromatic carbocycles. The topological polar surface area (TPSA) is 40.5 Å². The number of carboxylic acid groups (broad SMARTS) is 1. The molecule has 0 fully saturated rings. The van der Waals surface area contributed by atoms with Crippen molar-refractivity contribution in [2.45, 2.75) is 20.8 Å². The summed E-state index contributed by atoms with van der Waals surface area (Å²) in [6, 6.07) is 5.98. The Hall–Kier alpha value is -1.95. The van der Waals surface area contributed by atoms with Crippen molar-refractivity contribution in [2.24, 2.45) is 5.92 Å². The lowest BCUT2D eigenvalue weighted by molar-refractivity contribution is -0.140. The molecule has 0 saturated carbocycles. The fourth-order valence-corrected chi connectivity index (χ4v) is 1.85. The second kappa shape index (κ2) is 6.11. The molecule has 0 aromatic heterocycles. The molecule has 1 atom stereocenters. The van der Waals surface area contributed by atoms with Gasteiger partial charge in [0.25, 0.3) is 0 Å². The van der Waals surface area contributed by atoms with Gasteiger partial charge in [-0.2, -0.15) is 0 Å². The summed E-state index contributed by atoms with van der Waals surface area (Å²) in [5.74, 6) is 1.34. The van der Waals surface area contributed by atoms with Gasteiger partial charge < -0.3 is 10.0 Å². The van der Waals surface area contributed by atoms with Crippen LogP contribution in [0.15, 0.2) is 18.2 Å². The normalized spacial score (nSPS) is 11.7. The van der Waals surface area contributed by atoms with Crippen LogP contribution in [-0.2, 0) is 4.79 Å². The van der Waals surface area contributed by atoms with Crippen molar-refractivity contribution in [3.05, 3.63) is 29.3 Å². The molecule has 0 saturated heterocycles. The first-order valence-corrected chi connectivity index (χ1v) is 5.94. The van der Waals surface area contributed by atoms with E-state index in [0.29, 0.717) is 13.1 Å². The van der Waals surface area contributed by atoms with E-state index in [9.17, 15) is 4.79 Å². The van der Waals surface area contributed by atoms with Gasteiger partial charge in [0, 0.05) is 12.2 Å². The molecule has 0 aliphatic rings. The van der Waals surface area contributed by atoms with E-state index in [1.54, 1.807) is 6.92 Å². The molecular formula is C15H19NO2. The van der Waals surface area contributed by atoms with Gasteiger partial charge in [-0.3, -0.25) is 4.79 Å². The summed E-state index contributed by atoms with van der Waals surface area (Å²) in [7, 11) is 0. The number of nitrogens with zero attached hydrogens (tertiary/aromatic N) is 1. The summed E-state index contributed by atoms with van der Waals surface area (Å²) in [6.45, 7) is 6.59. The van der Waals surface area contributed by atoms with Crippen LogP contribution in [0.1, 0.15) is 18.1 Å². The number of rotatable bonds is 5. The number of anilines is 1. The summed E-state index contributed by atoms with van der Waals surface area (Å²) >= 11 is 0. The molecule has 96 valence electrons. The maximum atomic E-state index is 10.9. The van der Waals surface area contributed by atoms with Crippen molar-refractivity contribution in [3.8, 4) is 12.3 Å². The molecule has 3 heteroatoms. The Kier molecular flexibility index (Phi) is 4.79. The minimum absolute atomic E-state index is 0.419. The van der Waals surface area contributed by atoms with Crippen LogP contribution in [0.25, 0.3) is 0 Å². The first kappa shape index (κ1) is 14.1. The molecule has 1 rings (SSSR count). The smallest absolute Gasteiger partial charge is 0.308 e. The second-order valence-electron chi connectivity index (χ2n) is 4.54. The number of aliphatic carboxylic acids is 1. The van der Waals surface area contributed by atoms with Gasteiger partial charge in [0.1, 0.15) is 0 Å².